The lowest BCUT2D eigenvalue weighted by molar-refractivity contribution is -0.132. The molecule has 6 heteroatoms. The van der Waals surface area contributed by atoms with E-state index in [0.29, 0.717) is 26.2 Å². The van der Waals surface area contributed by atoms with Crippen LogP contribution in [0.2, 0.25) is 0 Å². The van der Waals surface area contributed by atoms with Crippen molar-refractivity contribution in [3.8, 4) is 0 Å². The minimum absolute atomic E-state index is 0.193. The largest absolute Gasteiger partial charge is 0.444 e. The van der Waals surface area contributed by atoms with Gasteiger partial charge in [0.1, 0.15) is 5.60 Å². The summed E-state index contributed by atoms with van der Waals surface area (Å²) in [6.45, 7) is 10.7. The SMILES string of the molecule is CC(C)(C)OC(=O)N1CCCN(C(=O)CN2CCCCC2)CC1. The summed E-state index contributed by atoms with van der Waals surface area (Å²) in [5, 5.41) is 0. The molecule has 2 heterocycles. The van der Waals surface area contributed by atoms with Crippen LogP contribution in [-0.2, 0) is 9.53 Å². The standard InChI is InChI=1S/C17H31N3O3/c1-17(2,3)23-16(22)20-11-7-10-19(12-13-20)15(21)14-18-8-5-4-6-9-18/h4-14H2,1-3H3. The number of hydrogen-bond donors (Lipinski definition) is 0. The van der Waals surface area contributed by atoms with Crippen LogP contribution in [-0.4, -0.2) is 78.1 Å². The van der Waals surface area contributed by atoms with Crippen LogP contribution in [0.3, 0.4) is 0 Å². The van der Waals surface area contributed by atoms with E-state index in [2.05, 4.69) is 4.90 Å². The summed E-state index contributed by atoms with van der Waals surface area (Å²) in [6, 6.07) is 0. The maximum absolute atomic E-state index is 12.5. The van der Waals surface area contributed by atoms with Gasteiger partial charge in [0, 0.05) is 26.2 Å². The fourth-order valence-corrected chi connectivity index (χ4v) is 3.08. The van der Waals surface area contributed by atoms with E-state index >= 15 is 0 Å². The summed E-state index contributed by atoms with van der Waals surface area (Å²) >= 11 is 0. The monoisotopic (exact) mass is 325 g/mol. The Morgan fingerprint density at radius 3 is 2.09 bits per heavy atom. The molecule has 132 valence electrons. The highest BCUT2D eigenvalue weighted by molar-refractivity contribution is 5.78. The van der Waals surface area contributed by atoms with Crippen molar-refractivity contribution in [2.24, 2.45) is 0 Å². The molecular formula is C17H31N3O3. The van der Waals surface area contributed by atoms with Crippen LogP contribution in [0.25, 0.3) is 0 Å². The Bertz CT molecular complexity index is 414. The number of likely N-dealkylation sites (tertiary alicyclic amines) is 1. The summed E-state index contributed by atoms with van der Waals surface area (Å²) in [5.41, 5.74) is -0.479. The molecule has 23 heavy (non-hydrogen) atoms. The zero-order chi connectivity index (χ0) is 16.9. The molecule has 0 spiro atoms. The van der Waals surface area contributed by atoms with Crippen molar-refractivity contribution in [1.82, 2.24) is 14.7 Å². The van der Waals surface area contributed by atoms with Gasteiger partial charge in [0.05, 0.1) is 6.54 Å². The van der Waals surface area contributed by atoms with Crippen molar-refractivity contribution in [3.63, 3.8) is 0 Å². The number of rotatable bonds is 2. The smallest absolute Gasteiger partial charge is 0.410 e. The highest BCUT2D eigenvalue weighted by Gasteiger charge is 2.26. The first-order valence-corrected chi connectivity index (χ1v) is 8.83. The number of nitrogens with zero attached hydrogens (tertiary/aromatic N) is 3. The minimum Gasteiger partial charge on any atom is -0.444 e. The Labute approximate surface area is 139 Å². The van der Waals surface area contributed by atoms with E-state index in [-0.39, 0.29) is 12.0 Å². The van der Waals surface area contributed by atoms with E-state index in [9.17, 15) is 9.59 Å². The molecule has 6 nitrogen and oxygen atoms in total. The lowest BCUT2D eigenvalue weighted by atomic mass is 10.1. The highest BCUT2D eigenvalue weighted by atomic mass is 16.6. The predicted octanol–water partition coefficient (Wildman–Crippen LogP) is 1.94. The Morgan fingerprint density at radius 1 is 0.826 bits per heavy atom. The molecule has 0 aromatic carbocycles. The van der Waals surface area contributed by atoms with Crippen molar-refractivity contribution in [1.29, 1.82) is 0 Å². The molecule has 2 aliphatic rings. The molecule has 2 amide bonds. The van der Waals surface area contributed by atoms with Crippen molar-refractivity contribution in [3.05, 3.63) is 0 Å². The zero-order valence-corrected chi connectivity index (χ0v) is 14.8. The predicted molar refractivity (Wildman–Crippen MR) is 89.3 cm³/mol. The number of piperidine rings is 1. The van der Waals surface area contributed by atoms with Gasteiger partial charge < -0.3 is 14.5 Å². The first kappa shape index (κ1) is 18.0. The van der Waals surface area contributed by atoms with Crippen LogP contribution < -0.4 is 0 Å². The normalized spacial score (nSPS) is 21.0. The van der Waals surface area contributed by atoms with Gasteiger partial charge in [-0.25, -0.2) is 4.79 Å². The van der Waals surface area contributed by atoms with Crippen LogP contribution in [0.5, 0.6) is 0 Å². The van der Waals surface area contributed by atoms with E-state index in [1.807, 2.05) is 25.7 Å². The Kier molecular flexibility index (Phi) is 6.27. The quantitative estimate of drug-likeness (QED) is 0.778. The number of hydrogen-bond acceptors (Lipinski definition) is 4. The van der Waals surface area contributed by atoms with Gasteiger partial charge in [0.25, 0.3) is 0 Å². The van der Waals surface area contributed by atoms with Gasteiger partial charge in [0.2, 0.25) is 5.91 Å². The Balaban J connectivity index is 1.80. The average molecular weight is 325 g/mol. The zero-order valence-electron chi connectivity index (χ0n) is 14.8. The minimum atomic E-state index is -0.479. The van der Waals surface area contributed by atoms with Gasteiger partial charge >= 0.3 is 6.09 Å². The number of amides is 2. The molecule has 0 aromatic heterocycles. The molecule has 0 bridgehead atoms. The molecule has 0 N–H and O–H groups in total. The maximum Gasteiger partial charge on any atom is 0.410 e. The van der Waals surface area contributed by atoms with Gasteiger partial charge in [-0.3, -0.25) is 9.69 Å². The molecule has 0 atom stereocenters. The lowest BCUT2D eigenvalue weighted by Gasteiger charge is -2.29. The molecule has 2 aliphatic heterocycles. The van der Waals surface area contributed by atoms with Crippen molar-refractivity contribution in [2.45, 2.75) is 52.1 Å². The second kappa shape index (κ2) is 7.99. The third kappa shape index (κ3) is 6.01. The average Bonchev–Trinajstić information content (AvgIpc) is 2.72. The van der Waals surface area contributed by atoms with Crippen LogP contribution in [0.4, 0.5) is 4.79 Å². The van der Waals surface area contributed by atoms with Gasteiger partial charge in [-0.1, -0.05) is 6.42 Å². The molecule has 2 saturated heterocycles. The van der Waals surface area contributed by atoms with Crippen LogP contribution >= 0.6 is 0 Å². The Morgan fingerprint density at radius 2 is 1.43 bits per heavy atom. The molecule has 2 rings (SSSR count). The maximum atomic E-state index is 12.5. The summed E-state index contributed by atoms with van der Waals surface area (Å²) in [6.07, 6.45) is 4.20. The summed E-state index contributed by atoms with van der Waals surface area (Å²) in [5.74, 6) is 0.193. The first-order chi connectivity index (χ1) is 10.8. The van der Waals surface area contributed by atoms with Crippen LogP contribution in [0.15, 0.2) is 0 Å². The third-order valence-electron chi connectivity index (χ3n) is 4.31. The van der Waals surface area contributed by atoms with Crippen molar-refractivity contribution >= 4 is 12.0 Å². The van der Waals surface area contributed by atoms with Gasteiger partial charge in [-0.15, -0.1) is 0 Å². The molecule has 0 unspecified atom stereocenters. The molecule has 0 radical (unpaired) electrons. The molecule has 0 aliphatic carbocycles. The van der Waals surface area contributed by atoms with Gasteiger partial charge in [0.15, 0.2) is 0 Å². The Hall–Kier alpha value is -1.30. The molecule has 0 saturated carbocycles. The van der Waals surface area contributed by atoms with E-state index < -0.39 is 5.60 Å². The fraction of sp³-hybridized carbons (Fsp3) is 0.882. The second-order valence-corrected chi connectivity index (χ2v) is 7.54. The van der Waals surface area contributed by atoms with Crippen LogP contribution in [0, 0.1) is 0 Å². The van der Waals surface area contributed by atoms with Gasteiger partial charge in [-0.05, 0) is 53.1 Å². The van der Waals surface area contributed by atoms with E-state index in [0.717, 1.165) is 26.1 Å². The van der Waals surface area contributed by atoms with E-state index in [1.165, 1.54) is 19.3 Å². The van der Waals surface area contributed by atoms with Crippen molar-refractivity contribution in [2.75, 3.05) is 45.8 Å². The molecular weight excluding hydrogens is 294 g/mol. The first-order valence-electron chi connectivity index (χ1n) is 8.83. The summed E-state index contributed by atoms with van der Waals surface area (Å²) < 4.78 is 5.43. The van der Waals surface area contributed by atoms with Crippen molar-refractivity contribution < 1.29 is 14.3 Å². The second-order valence-electron chi connectivity index (χ2n) is 7.54. The lowest BCUT2D eigenvalue weighted by Crippen LogP contribution is -2.44. The molecule has 0 aromatic rings. The van der Waals surface area contributed by atoms with E-state index in [4.69, 9.17) is 4.74 Å². The third-order valence-corrected chi connectivity index (χ3v) is 4.31. The van der Waals surface area contributed by atoms with E-state index in [1.54, 1.807) is 4.90 Å². The summed E-state index contributed by atoms with van der Waals surface area (Å²) in [4.78, 5) is 30.5. The number of carbonyl (C=O) groups excluding carboxylic acids is 2. The summed E-state index contributed by atoms with van der Waals surface area (Å²) in [7, 11) is 0. The number of carbonyl (C=O) groups is 2. The topological polar surface area (TPSA) is 53.1 Å². The number of ether oxygens (including phenoxy) is 1. The van der Waals surface area contributed by atoms with Gasteiger partial charge in [-0.2, -0.15) is 0 Å². The fourth-order valence-electron chi connectivity index (χ4n) is 3.08. The molecule has 2 fully saturated rings. The van der Waals surface area contributed by atoms with Crippen LogP contribution in [0.1, 0.15) is 46.5 Å². The highest BCUT2D eigenvalue weighted by Crippen LogP contribution is 2.13.